The number of fused-ring (bicyclic) bond motifs is 1. The van der Waals surface area contributed by atoms with E-state index in [1.165, 1.54) is 17.7 Å². The van der Waals surface area contributed by atoms with Gasteiger partial charge in [0.15, 0.2) is 0 Å². The van der Waals surface area contributed by atoms with Gasteiger partial charge in [0.05, 0.1) is 24.3 Å². The van der Waals surface area contributed by atoms with E-state index in [4.69, 9.17) is 4.74 Å². The Morgan fingerprint density at radius 3 is 2.48 bits per heavy atom. The summed E-state index contributed by atoms with van der Waals surface area (Å²) in [4.78, 5) is 41.0. The van der Waals surface area contributed by atoms with Gasteiger partial charge in [-0.1, -0.05) is 30.3 Å². The van der Waals surface area contributed by atoms with E-state index >= 15 is 0 Å². The summed E-state index contributed by atoms with van der Waals surface area (Å²) in [5, 5.41) is 2.94. The van der Waals surface area contributed by atoms with E-state index in [2.05, 4.69) is 22.9 Å². The van der Waals surface area contributed by atoms with Crippen molar-refractivity contribution in [2.45, 2.75) is 13.1 Å². The van der Waals surface area contributed by atoms with E-state index in [0.29, 0.717) is 17.7 Å². The van der Waals surface area contributed by atoms with Gasteiger partial charge in [-0.05, 0) is 29.3 Å². The molecule has 0 radical (unpaired) electrons. The van der Waals surface area contributed by atoms with Crippen molar-refractivity contribution in [3.8, 4) is 0 Å². The summed E-state index contributed by atoms with van der Waals surface area (Å²) in [7, 11) is 0. The van der Waals surface area contributed by atoms with Crippen LogP contribution in [0.2, 0.25) is 0 Å². The molecule has 2 aromatic rings. The first-order chi connectivity index (χ1) is 15.1. The zero-order valence-corrected chi connectivity index (χ0v) is 17.3. The van der Waals surface area contributed by atoms with Crippen LogP contribution < -0.4 is 5.32 Å². The average molecular weight is 419 g/mol. The number of nitrogens with zero attached hydrogens (tertiary/aromatic N) is 2. The van der Waals surface area contributed by atoms with E-state index in [0.717, 1.165) is 43.3 Å². The zero-order chi connectivity index (χ0) is 21.8. The molecule has 7 nitrogen and oxygen atoms in total. The summed E-state index contributed by atoms with van der Waals surface area (Å²) < 4.78 is 5.41. The Kier molecular flexibility index (Phi) is 6.25. The van der Waals surface area contributed by atoms with Gasteiger partial charge in [0.25, 0.3) is 17.7 Å². The Bertz CT molecular complexity index is 1030. The predicted molar refractivity (Wildman–Crippen MR) is 116 cm³/mol. The maximum atomic E-state index is 12.8. The van der Waals surface area contributed by atoms with E-state index in [9.17, 15) is 14.4 Å². The molecule has 0 aromatic heterocycles. The van der Waals surface area contributed by atoms with Gasteiger partial charge in [-0.25, -0.2) is 0 Å². The fraction of sp³-hybridized carbons (Fsp3) is 0.292. The topological polar surface area (TPSA) is 79.0 Å². The number of morpholine rings is 1. The highest BCUT2D eigenvalue weighted by Crippen LogP contribution is 2.24. The molecule has 1 N–H and O–H groups in total. The number of nitrogens with one attached hydrogen (secondary N) is 1. The number of imide groups is 1. The van der Waals surface area contributed by atoms with E-state index in [-0.39, 0.29) is 23.9 Å². The lowest BCUT2D eigenvalue weighted by molar-refractivity contribution is 0.0340. The van der Waals surface area contributed by atoms with E-state index in [1.807, 2.05) is 18.2 Å². The first kappa shape index (κ1) is 21.0. The van der Waals surface area contributed by atoms with Crippen LogP contribution in [0.15, 0.2) is 55.1 Å². The summed E-state index contributed by atoms with van der Waals surface area (Å²) in [6, 6.07) is 12.7. The second-order valence-corrected chi connectivity index (χ2v) is 7.61. The average Bonchev–Trinajstić information content (AvgIpc) is 3.03. The second kappa shape index (κ2) is 9.24. The lowest BCUT2D eigenvalue weighted by Crippen LogP contribution is -2.36. The number of ether oxygens (including phenoxy) is 1. The fourth-order valence-corrected chi connectivity index (χ4v) is 3.89. The molecule has 0 atom stereocenters. The first-order valence-corrected chi connectivity index (χ1v) is 10.3. The molecule has 160 valence electrons. The molecule has 2 aliphatic rings. The van der Waals surface area contributed by atoms with Gasteiger partial charge >= 0.3 is 0 Å². The van der Waals surface area contributed by atoms with Crippen molar-refractivity contribution in [2.24, 2.45) is 0 Å². The third-order valence-electron chi connectivity index (χ3n) is 5.60. The molecule has 0 aliphatic carbocycles. The van der Waals surface area contributed by atoms with Crippen LogP contribution >= 0.6 is 0 Å². The van der Waals surface area contributed by atoms with Crippen molar-refractivity contribution >= 4 is 17.7 Å². The minimum Gasteiger partial charge on any atom is -0.379 e. The van der Waals surface area contributed by atoms with Crippen LogP contribution in [0.25, 0.3) is 0 Å². The number of hydrogen-bond donors (Lipinski definition) is 1. The van der Waals surface area contributed by atoms with Crippen molar-refractivity contribution in [1.29, 1.82) is 0 Å². The maximum absolute atomic E-state index is 12.8. The molecule has 0 bridgehead atoms. The number of rotatable bonds is 7. The quantitative estimate of drug-likeness (QED) is 0.550. The van der Waals surface area contributed by atoms with Crippen LogP contribution in [-0.4, -0.2) is 60.4 Å². The Balaban J connectivity index is 1.44. The molecule has 1 saturated heterocycles. The number of benzene rings is 2. The third-order valence-corrected chi connectivity index (χ3v) is 5.60. The Morgan fingerprint density at radius 2 is 1.74 bits per heavy atom. The monoisotopic (exact) mass is 419 g/mol. The minimum absolute atomic E-state index is 0.147. The van der Waals surface area contributed by atoms with Crippen molar-refractivity contribution in [1.82, 2.24) is 15.1 Å². The normalized spacial score (nSPS) is 16.3. The largest absolute Gasteiger partial charge is 0.379 e. The van der Waals surface area contributed by atoms with Crippen LogP contribution in [-0.2, 0) is 17.8 Å². The summed E-state index contributed by atoms with van der Waals surface area (Å²) in [6.45, 7) is 8.18. The molecule has 0 saturated carbocycles. The Labute approximate surface area is 181 Å². The van der Waals surface area contributed by atoms with Crippen LogP contribution in [0.4, 0.5) is 0 Å². The molecule has 2 aromatic carbocycles. The smallest absolute Gasteiger partial charge is 0.261 e. The van der Waals surface area contributed by atoms with E-state index < -0.39 is 5.91 Å². The molecule has 2 aliphatic heterocycles. The number of carbonyl (C=O) groups is 3. The van der Waals surface area contributed by atoms with Gasteiger partial charge < -0.3 is 10.1 Å². The summed E-state index contributed by atoms with van der Waals surface area (Å²) >= 11 is 0. The van der Waals surface area contributed by atoms with E-state index in [1.54, 1.807) is 12.1 Å². The van der Waals surface area contributed by atoms with Gasteiger partial charge in [0, 0.05) is 38.3 Å². The lowest BCUT2D eigenvalue weighted by Gasteiger charge is -2.27. The van der Waals surface area contributed by atoms with Gasteiger partial charge in [-0.3, -0.25) is 24.2 Å². The highest BCUT2D eigenvalue weighted by Gasteiger charge is 2.35. The van der Waals surface area contributed by atoms with Crippen LogP contribution in [0.1, 0.15) is 42.2 Å². The maximum Gasteiger partial charge on any atom is 0.261 e. The van der Waals surface area contributed by atoms with Gasteiger partial charge in [0.1, 0.15) is 0 Å². The molecule has 4 rings (SSSR count). The first-order valence-electron chi connectivity index (χ1n) is 10.3. The highest BCUT2D eigenvalue weighted by atomic mass is 16.5. The molecule has 1 fully saturated rings. The van der Waals surface area contributed by atoms with Crippen molar-refractivity contribution in [3.05, 3.63) is 82.9 Å². The highest BCUT2D eigenvalue weighted by molar-refractivity contribution is 6.22. The fourth-order valence-electron chi connectivity index (χ4n) is 3.89. The summed E-state index contributed by atoms with van der Waals surface area (Å²) in [5.41, 5.74) is 3.14. The molecule has 3 amide bonds. The SMILES string of the molecule is C=CCN1C(=O)c2ccc(C(=O)NCc3ccccc3CN3CCOCC3)cc2C1=O. The molecule has 2 heterocycles. The third kappa shape index (κ3) is 4.42. The molecule has 0 spiro atoms. The van der Waals surface area contributed by atoms with Gasteiger partial charge in [-0.2, -0.15) is 0 Å². The van der Waals surface area contributed by atoms with Crippen molar-refractivity contribution in [2.75, 3.05) is 32.8 Å². The van der Waals surface area contributed by atoms with Crippen LogP contribution in [0.5, 0.6) is 0 Å². The second-order valence-electron chi connectivity index (χ2n) is 7.61. The molecular formula is C24H25N3O4. The number of hydrogen-bond acceptors (Lipinski definition) is 5. The Morgan fingerprint density at radius 1 is 1.03 bits per heavy atom. The zero-order valence-electron chi connectivity index (χ0n) is 17.3. The van der Waals surface area contributed by atoms with Crippen molar-refractivity contribution in [3.63, 3.8) is 0 Å². The molecular weight excluding hydrogens is 394 g/mol. The van der Waals surface area contributed by atoms with Gasteiger partial charge in [-0.15, -0.1) is 6.58 Å². The number of carbonyl (C=O) groups excluding carboxylic acids is 3. The summed E-state index contributed by atoms with van der Waals surface area (Å²) in [5.74, 6) is -1.04. The Hall–Kier alpha value is -3.29. The molecule has 0 unspecified atom stereocenters. The molecule has 7 heteroatoms. The van der Waals surface area contributed by atoms with Crippen LogP contribution in [0, 0.1) is 0 Å². The minimum atomic E-state index is -0.398. The lowest BCUT2D eigenvalue weighted by atomic mass is 10.0. The van der Waals surface area contributed by atoms with Crippen LogP contribution in [0.3, 0.4) is 0 Å². The van der Waals surface area contributed by atoms with Crippen molar-refractivity contribution < 1.29 is 19.1 Å². The van der Waals surface area contributed by atoms with Gasteiger partial charge in [0.2, 0.25) is 0 Å². The summed E-state index contributed by atoms with van der Waals surface area (Å²) in [6.07, 6.45) is 1.50. The predicted octanol–water partition coefficient (Wildman–Crippen LogP) is 2.23. The standard InChI is InChI=1S/C24H25N3O4/c1-2-9-27-23(29)20-8-7-17(14-21(20)24(27)30)22(28)25-15-18-5-3-4-6-19(18)16-26-10-12-31-13-11-26/h2-8,14H,1,9-13,15-16H2,(H,25,28). The molecule has 31 heavy (non-hydrogen) atoms. The number of amides is 3.